The molecular formula is C10H11ClN2OS. The predicted octanol–water partition coefficient (Wildman–Crippen LogP) is 1.66. The van der Waals surface area contributed by atoms with Crippen molar-refractivity contribution in [1.29, 1.82) is 0 Å². The van der Waals surface area contributed by atoms with Crippen LogP contribution in [0.4, 0.5) is 0 Å². The van der Waals surface area contributed by atoms with Gasteiger partial charge >= 0.3 is 0 Å². The second-order valence-electron chi connectivity index (χ2n) is 3.13. The molecule has 0 heterocycles. The third-order valence-electron chi connectivity index (χ3n) is 1.79. The van der Waals surface area contributed by atoms with Crippen LogP contribution in [-0.4, -0.2) is 17.4 Å². The number of nitrogens with one attached hydrogen (secondary N) is 1. The van der Waals surface area contributed by atoms with Crippen molar-refractivity contribution in [1.82, 2.24) is 5.32 Å². The molecule has 0 unspecified atom stereocenters. The average Bonchev–Trinajstić information content (AvgIpc) is 2.14. The van der Waals surface area contributed by atoms with Gasteiger partial charge in [-0.25, -0.2) is 0 Å². The van der Waals surface area contributed by atoms with E-state index in [1.807, 2.05) is 13.0 Å². The molecule has 0 spiro atoms. The van der Waals surface area contributed by atoms with Gasteiger partial charge in [-0.05, 0) is 24.6 Å². The molecule has 15 heavy (non-hydrogen) atoms. The summed E-state index contributed by atoms with van der Waals surface area (Å²) in [6.45, 7) is 2.08. The lowest BCUT2D eigenvalue weighted by atomic mass is 10.1. The molecule has 0 aliphatic heterocycles. The monoisotopic (exact) mass is 242 g/mol. The van der Waals surface area contributed by atoms with Gasteiger partial charge in [0.15, 0.2) is 0 Å². The Balaban J connectivity index is 2.78. The molecule has 1 rings (SSSR count). The summed E-state index contributed by atoms with van der Waals surface area (Å²) in [5.74, 6) is -0.271. The van der Waals surface area contributed by atoms with Gasteiger partial charge in [0.2, 0.25) is 0 Å². The molecule has 0 atom stereocenters. The maximum Gasteiger partial charge on any atom is 0.253 e. The van der Waals surface area contributed by atoms with Crippen molar-refractivity contribution in [3.8, 4) is 0 Å². The molecule has 0 aliphatic rings. The molecule has 0 fully saturated rings. The number of amides is 1. The van der Waals surface area contributed by atoms with Gasteiger partial charge in [-0.3, -0.25) is 4.79 Å². The summed E-state index contributed by atoms with van der Waals surface area (Å²) in [5, 5.41) is 3.00. The highest BCUT2D eigenvalue weighted by atomic mass is 35.5. The lowest BCUT2D eigenvalue weighted by molar-refractivity contribution is 0.0959. The summed E-state index contributed by atoms with van der Waals surface area (Å²) in [7, 11) is 0. The average molecular weight is 243 g/mol. The second kappa shape index (κ2) is 5.09. The van der Waals surface area contributed by atoms with Gasteiger partial charge in [-0.15, -0.1) is 0 Å². The molecule has 1 aromatic carbocycles. The fraction of sp³-hybridized carbons (Fsp3) is 0.200. The van der Waals surface area contributed by atoms with Gasteiger partial charge in [0, 0.05) is 0 Å². The van der Waals surface area contributed by atoms with Crippen LogP contribution in [0.5, 0.6) is 0 Å². The Kier molecular flexibility index (Phi) is 4.05. The fourth-order valence-electron chi connectivity index (χ4n) is 1.07. The topological polar surface area (TPSA) is 55.1 Å². The van der Waals surface area contributed by atoms with Crippen LogP contribution in [0.2, 0.25) is 5.02 Å². The number of benzene rings is 1. The lowest BCUT2D eigenvalue weighted by Crippen LogP contribution is -2.32. The van der Waals surface area contributed by atoms with Gasteiger partial charge in [-0.2, -0.15) is 0 Å². The summed E-state index contributed by atoms with van der Waals surface area (Å²) in [6.07, 6.45) is 0. The van der Waals surface area contributed by atoms with Crippen molar-refractivity contribution in [2.24, 2.45) is 5.73 Å². The molecule has 3 N–H and O–H groups in total. The van der Waals surface area contributed by atoms with Gasteiger partial charge in [-0.1, -0.05) is 29.9 Å². The Morgan fingerprint density at radius 2 is 2.27 bits per heavy atom. The van der Waals surface area contributed by atoms with E-state index in [2.05, 4.69) is 17.5 Å². The minimum Gasteiger partial charge on any atom is -0.392 e. The molecule has 80 valence electrons. The molecule has 0 bridgehead atoms. The Bertz CT molecular complexity index is 406. The van der Waals surface area contributed by atoms with E-state index in [0.29, 0.717) is 10.6 Å². The molecule has 0 radical (unpaired) electrons. The smallest absolute Gasteiger partial charge is 0.253 e. The minimum atomic E-state index is -0.271. The van der Waals surface area contributed by atoms with Crippen LogP contribution in [0.25, 0.3) is 0 Å². The third kappa shape index (κ3) is 3.49. The SMILES string of the molecule is Cc1ccc(C(=O)NCC(N)=S)c(Cl)c1. The summed E-state index contributed by atoms with van der Waals surface area (Å²) in [5.41, 5.74) is 6.70. The van der Waals surface area contributed by atoms with Crippen LogP contribution in [0.15, 0.2) is 18.2 Å². The van der Waals surface area contributed by atoms with Gasteiger partial charge in [0.25, 0.3) is 5.91 Å². The van der Waals surface area contributed by atoms with Crippen molar-refractivity contribution in [3.63, 3.8) is 0 Å². The van der Waals surface area contributed by atoms with Crippen molar-refractivity contribution in [3.05, 3.63) is 34.3 Å². The fourth-order valence-corrected chi connectivity index (χ4v) is 1.46. The number of nitrogens with two attached hydrogens (primary N) is 1. The molecular weight excluding hydrogens is 232 g/mol. The van der Waals surface area contributed by atoms with E-state index in [1.165, 1.54) is 0 Å². The Morgan fingerprint density at radius 3 is 2.80 bits per heavy atom. The first-order chi connectivity index (χ1) is 7.00. The van der Waals surface area contributed by atoms with Crippen LogP contribution in [0.1, 0.15) is 15.9 Å². The summed E-state index contributed by atoms with van der Waals surface area (Å²) in [6, 6.07) is 5.23. The number of hydrogen-bond acceptors (Lipinski definition) is 2. The van der Waals surface area contributed by atoms with E-state index >= 15 is 0 Å². The largest absolute Gasteiger partial charge is 0.392 e. The number of rotatable bonds is 3. The lowest BCUT2D eigenvalue weighted by Gasteiger charge is -2.06. The molecule has 0 saturated heterocycles. The Morgan fingerprint density at radius 1 is 1.60 bits per heavy atom. The number of halogens is 1. The minimum absolute atomic E-state index is 0.179. The van der Waals surface area contributed by atoms with E-state index in [4.69, 9.17) is 17.3 Å². The van der Waals surface area contributed by atoms with Crippen LogP contribution in [0, 0.1) is 6.92 Å². The molecule has 5 heteroatoms. The zero-order chi connectivity index (χ0) is 11.4. The molecule has 1 aromatic rings. The van der Waals surface area contributed by atoms with E-state index in [1.54, 1.807) is 12.1 Å². The van der Waals surface area contributed by atoms with Crippen molar-refractivity contribution in [2.45, 2.75) is 6.92 Å². The highest BCUT2D eigenvalue weighted by Crippen LogP contribution is 2.17. The quantitative estimate of drug-likeness (QED) is 0.793. The number of carbonyl (C=O) groups is 1. The van der Waals surface area contributed by atoms with Crippen molar-refractivity contribution < 1.29 is 4.79 Å². The van der Waals surface area contributed by atoms with Crippen LogP contribution >= 0.6 is 23.8 Å². The molecule has 0 aliphatic carbocycles. The first-order valence-corrected chi connectivity index (χ1v) is 5.12. The standard InChI is InChI=1S/C10H11ClN2OS/c1-6-2-3-7(8(11)4-6)10(14)13-5-9(12)15/h2-4H,5H2,1H3,(H2,12,15)(H,13,14). The first kappa shape index (κ1) is 11.9. The number of carbonyl (C=O) groups excluding carboxylic acids is 1. The normalized spacial score (nSPS) is 9.73. The molecule has 0 aromatic heterocycles. The highest BCUT2D eigenvalue weighted by Gasteiger charge is 2.09. The van der Waals surface area contributed by atoms with Gasteiger partial charge in [0.1, 0.15) is 0 Å². The summed E-state index contributed by atoms with van der Waals surface area (Å²) in [4.78, 5) is 11.8. The summed E-state index contributed by atoms with van der Waals surface area (Å²) < 4.78 is 0. The molecule has 0 saturated carbocycles. The van der Waals surface area contributed by atoms with Crippen LogP contribution < -0.4 is 11.1 Å². The number of hydrogen-bond donors (Lipinski definition) is 2. The maximum atomic E-state index is 11.6. The Hall–Kier alpha value is -1.13. The predicted molar refractivity (Wildman–Crippen MR) is 65.3 cm³/mol. The van der Waals surface area contributed by atoms with E-state index in [-0.39, 0.29) is 17.4 Å². The first-order valence-electron chi connectivity index (χ1n) is 4.33. The zero-order valence-corrected chi connectivity index (χ0v) is 9.78. The van der Waals surface area contributed by atoms with E-state index in [9.17, 15) is 4.79 Å². The van der Waals surface area contributed by atoms with Crippen LogP contribution in [-0.2, 0) is 0 Å². The highest BCUT2D eigenvalue weighted by molar-refractivity contribution is 7.80. The number of thiocarbonyl (C=S) groups is 1. The number of aryl methyl sites for hydroxylation is 1. The van der Waals surface area contributed by atoms with Crippen molar-refractivity contribution >= 4 is 34.7 Å². The third-order valence-corrected chi connectivity index (χ3v) is 2.25. The molecule has 1 amide bonds. The summed E-state index contributed by atoms with van der Waals surface area (Å²) >= 11 is 10.6. The van der Waals surface area contributed by atoms with Gasteiger partial charge in [0.05, 0.1) is 22.1 Å². The molecule has 3 nitrogen and oxygen atoms in total. The zero-order valence-electron chi connectivity index (χ0n) is 8.21. The van der Waals surface area contributed by atoms with E-state index < -0.39 is 0 Å². The van der Waals surface area contributed by atoms with Crippen molar-refractivity contribution in [2.75, 3.05) is 6.54 Å². The van der Waals surface area contributed by atoms with Gasteiger partial charge < -0.3 is 11.1 Å². The second-order valence-corrected chi connectivity index (χ2v) is 4.06. The Labute approximate surface area is 98.6 Å². The maximum absolute atomic E-state index is 11.6. The van der Waals surface area contributed by atoms with Crippen LogP contribution in [0.3, 0.4) is 0 Å². The van der Waals surface area contributed by atoms with E-state index in [0.717, 1.165) is 5.56 Å².